The number of nitrogens with one attached hydrogen (secondary N) is 1. The highest BCUT2D eigenvalue weighted by molar-refractivity contribution is 5.62. The molecule has 0 radical (unpaired) electrons. The summed E-state index contributed by atoms with van der Waals surface area (Å²) in [6.07, 6.45) is 3.15. The Kier molecular flexibility index (Phi) is 4.50. The molecule has 1 aromatic heterocycles. The lowest BCUT2D eigenvalue weighted by Gasteiger charge is -2.07. The van der Waals surface area contributed by atoms with E-state index in [4.69, 9.17) is 0 Å². The average molecular weight is 255 g/mol. The van der Waals surface area contributed by atoms with E-state index >= 15 is 0 Å². The number of aryl methyl sites for hydroxylation is 2. The van der Waals surface area contributed by atoms with Crippen LogP contribution >= 0.6 is 0 Å². The van der Waals surface area contributed by atoms with E-state index < -0.39 is 0 Å². The molecule has 19 heavy (non-hydrogen) atoms. The number of nitrogens with zero attached hydrogens (tertiary/aromatic N) is 2. The summed E-state index contributed by atoms with van der Waals surface area (Å²) in [7, 11) is 1.88. The molecule has 3 nitrogen and oxygen atoms in total. The third-order valence-corrected chi connectivity index (χ3v) is 3.13. The Morgan fingerprint density at radius 3 is 2.37 bits per heavy atom. The number of benzene rings is 1. The number of hydrogen-bond acceptors (Lipinski definition) is 3. The molecule has 0 saturated carbocycles. The minimum atomic E-state index is 0.844. The second-order valence-corrected chi connectivity index (χ2v) is 4.61. The normalized spacial score (nSPS) is 10.5. The molecule has 2 aromatic rings. The molecule has 1 N–H and O–H groups in total. The zero-order valence-corrected chi connectivity index (χ0v) is 11.9. The lowest BCUT2D eigenvalue weighted by atomic mass is 10.1. The van der Waals surface area contributed by atoms with Crippen molar-refractivity contribution in [1.29, 1.82) is 0 Å². The van der Waals surface area contributed by atoms with Crippen molar-refractivity contribution in [1.82, 2.24) is 9.97 Å². The van der Waals surface area contributed by atoms with Crippen molar-refractivity contribution in [3.8, 4) is 11.3 Å². The molecule has 0 amide bonds. The van der Waals surface area contributed by atoms with E-state index in [1.54, 1.807) is 0 Å². The minimum Gasteiger partial charge on any atom is -0.373 e. The van der Waals surface area contributed by atoms with Gasteiger partial charge in [0.15, 0.2) is 0 Å². The number of hydrogen-bond donors (Lipinski definition) is 1. The van der Waals surface area contributed by atoms with Gasteiger partial charge in [0.25, 0.3) is 0 Å². The molecule has 0 spiro atoms. The van der Waals surface area contributed by atoms with E-state index in [9.17, 15) is 0 Å². The summed E-state index contributed by atoms with van der Waals surface area (Å²) in [6, 6.07) is 10.7. The Labute approximate surface area is 115 Å². The molecule has 0 aliphatic heterocycles. The summed E-state index contributed by atoms with van der Waals surface area (Å²) in [4.78, 5) is 9.02. The van der Waals surface area contributed by atoms with Crippen LogP contribution in [-0.4, -0.2) is 17.0 Å². The molecule has 0 atom stereocenters. The number of rotatable bonds is 5. The summed E-state index contributed by atoms with van der Waals surface area (Å²) in [5, 5.41) is 3.09. The zero-order valence-electron chi connectivity index (χ0n) is 11.9. The third kappa shape index (κ3) is 3.31. The van der Waals surface area contributed by atoms with Crippen LogP contribution in [0.3, 0.4) is 0 Å². The van der Waals surface area contributed by atoms with Crippen LogP contribution in [0.25, 0.3) is 11.3 Å². The maximum Gasteiger partial charge on any atom is 0.131 e. The highest BCUT2D eigenvalue weighted by Crippen LogP contribution is 2.21. The highest BCUT2D eigenvalue weighted by atomic mass is 15.0. The maximum atomic E-state index is 4.59. The Morgan fingerprint density at radius 2 is 1.79 bits per heavy atom. The predicted octanol–water partition coefficient (Wildman–Crippen LogP) is 3.70. The van der Waals surface area contributed by atoms with Crippen LogP contribution in [-0.2, 0) is 12.8 Å². The summed E-state index contributed by atoms with van der Waals surface area (Å²) >= 11 is 0. The van der Waals surface area contributed by atoms with Crippen LogP contribution in [0.1, 0.15) is 31.7 Å². The molecule has 0 saturated heterocycles. The van der Waals surface area contributed by atoms with Gasteiger partial charge in [-0.3, -0.25) is 0 Å². The molecule has 1 aromatic carbocycles. The van der Waals surface area contributed by atoms with Crippen LogP contribution in [0.5, 0.6) is 0 Å². The lowest BCUT2D eigenvalue weighted by molar-refractivity contribution is 0.921. The number of aromatic nitrogens is 2. The van der Waals surface area contributed by atoms with Crippen LogP contribution < -0.4 is 5.32 Å². The Morgan fingerprint density at radius 1 is 1.05 bits per heavy atom. The number of anilines is 1. The first-order chi connectivity index (χ1) is 9.26. The van der Waals surface area contributed by atoms with Gasteiger partial charge < -0.3 is 5.32 Å². The van der Waals surface area contributed by atoms with Crippen molar-refractivity contribution in [2.24, 2.45) is 0 Å². The molecule has 1 heterocycles. The van der Waals surface area contributed by atoms with Gasteiger partial charge in [-0.2, -0.15) is 0 Å². The van der Waals surface area contributed by atoms with Crippen LogP contribution in [0.15, 0.2) is 30.3 Å². The van der Waals surface area contributed by atoms with Crippen LogP contribution in [0, 0.1) is 0 Å². The summed E-state index contributed by atoms with van der Waals surface area (Å²) in [5.74, 6) is 1.75. The van der Waals surface area contributed by atoms with Gasteiger partial charge in [0.2, 0.25) is 0 Å². The zero-order chi connectivity index (χ0) is 13.7. The van der Waals surface area contributed by atoms with Gasteiger partial charge in [0, 0.05) is 25.1 Å². The van der Waals surface area contributed by atoms with Crippen LogP contribution in [0.2, 0.25) is 0 Å². The van der Waals surface area contributed by atoms with Gasteiger partial charge >= 0.3 is 0 Å². The average Bonchev–Trinajstić information content (AvgIpc) is 2.47. The molecule has 3 heteroatoms. The Balaban J connectivity index is 2.34. The molecule has 0 bridgehead atoms. The standard InChI is InChI=1S/C16H21N3/c1-4-6-12-7-9-13(10-8-12)14-11-16(17-3)19-15(5-2)18-14/h7-11H,4-6H2,1-3H3,(H,17,18,19). The first kappa shape index (κ1) is 13.5. The molecule has 2 rings (SSSR count). The van der Waals surface area contributed by atoms with Gasteiger partial charge in [0.1, 0.15) is 11.6 Å². The first-order valence-electron chi connectivity index (χ1n) is 6.91. The van der Waals surface area contributed by atoms with E-state index in [0.29, 0.717) is 0 Å². The first-order valence-corrected chi connectivity index (χ1v) is 6.91. The minimum absolute atomic E-state index is 0.844. The second kappa shape index (κ2) is 6.32. The fraction of sp³-hybridized carbons (Fsp3) is 0.375. The summed E-state index contributed by atoms with van der Waals surface area (Å²) < 4.78 is 0. The van der Waals surface area contributed by atoms with E-state index in [1.807, 2.05) is 13.1 Å². The van der Waals surface area contributed by atoms with Crippen molar-refractivity contribution in [2.75, 3.05) is 12.4 Å². The van der Waals surface area contributed by atoms with E-state index in [2.05, 4.69) is 53.4 Å². The quantitative estimate of drug-likeness (QED) is 0.885. The van der Waals surface area contributed by atoms with Gasteiger partial charge in [-0.25, -0.2) is 9.97 Å². The summed E-state index contributed by atoms with van der Waals surface area (Å²) in [6.45, 7) is 4.27. The fourth-order valence-corrected chi connectivity index (χ4v) is 2.06. The molecular formula is C16H21N3. The van der Waals surface area contributed by atoms with Gasteiger partial charge in [-0.15, -0.1) is 0 Å². The lowest BCUT2D eigenvalue weighted by Crippen LogP contribution is -2.00. The predicted molar refractivity (Wildman–Crippen MR) is 80.4 cm³/mol. The molecule has 0 aliphatic rings. The monoisotopic (exact) mass is 255 g/mol. The molecule has 0 aliphatic carbocycles. The van der Waals surface area contributed by atoms with Gasteiger partial charge in [-0.05, 0) is 12.0 Å². The smallest absolute Gasteiger partial charge is 0.131 e. The fourth-order valence-electron chi connectivity index (χ4n) is 2.06. The Bertz CT molecular complexity index is 510. The van der Waals surface area contributed by atoms with Crippen molar-refractivity contribution >= 4 is 5.82 Å². The largest absolute Gasteiger partial charge is 0.373 e. The van der Waals surface area contributed by atoms with Gasteiger partial charge in [-0.1, -0.05) is 44.5 Å². The van der Waals surface area contributed by atoms with E-state index in [0.717, 1.165) is 35.7 Å². The van der Waals surface area contributed by atoms with Crippen molar-refractivity contribution < 1.29 is 0 Å². The highest BCUT2D eigenvalue weighted by Gasteiger charge is 2.05. The molecule has 0 unspecified atom stereocenters. The SMILES string of the molecule is CCCc1ccc(-c2cc(NC)nc(CC)n2)cc1. The van der Waals surface area contributed by atoms with Crippen molar-refractivity contribution in [3.63, 3.8) is 0 Å². The van der Waals surface area contributed by atoms with Gasteiger partial charge in [0.05, 0.1) is 5.69 Å². The third-order valence-electron chi connectivity index (χ3n) is 3.13. The Hall–Kier alpha value is -1.90. The molecule has 0 fully saturated rings. The summed E-state index contributed by atoms with van der Waals surface area (Å²) in [5.41, 5.74) is 3.51. The van der Waals surface area contributed by atoms with Crippen molar-refractivity contribution in [2.45, 2.75) is 33.1 Å². The molecular weight excluding hydrogens is 234 g/mol. The van der Waals surface area contributed by atoms with E-state index in [-0.39, 0.29) is 0 Å². The van der Waals surface area contributed by atoms with E-state index in [1.165, 1.54) is 12.0 Å². The van der Waals surface area contributed by atoms with Crippen LogP contribution in [0.4, 0.5) is 5.82 Å². The maximum absolute atomic E-state index is 4.59. The molecule has 100 valence electrons. The second-order valence-electron chi connectivity index (χ2n) is 4.61. The van der Waals surface area contributed by atoms with Crippen molar-refractivity contribution in [3.05, 3.63) is 41.7 Å². The topological polar surface area (TPSA) is 37.8 Å².